The number of methoxy groups -OCH3 is 1. The molecule has 1 aromatic heterocycles. The van der Waals surface area contributed by atoms with Crippen LogP contribution in [-0.4, -0.2) is 36.4 Å². The van der Waals surface area contributed by atoms with Gasteiger partial charge in [0, 0.05) is 25.4 Å². The lowest BCUT2D eigenvalue weighted by Gasteiger charge is -2.30. The van der Waals surface area contributed by atoms with Gasteiger partial charge in [0.25, 0.3) is 0 Å². The van der Waals surface area contributed by atoms with Gasteiger partial charge >= 0.3 is 0 Å². The summed E-state index contributed by atoms with van der Waals surface area (Å²) in [7, 11) is 1.71. The Labute approximate surface area is 110 Å². The van der Waals surface area contributed by atoms with Gasteiger partial charge in [-0.2, -0.15) is 0 Å². The van der Waals surface area contributed by atoms with Crippen LogP contribution in [0.25, 0.3) is 0 Å². The van der Waals surface area contributed by atoms with Crippen LogP contribution in [0.1, 0.15) is 31.5 Å². The molecule has 0 saturated heterocycles. The minimum Gasteiger partial charge on any atom is -0.392 e. The molecule has 0 saturated carbocycles. The highest BCUT2D eigenvalue weighted by Crippen LogP contribution is 2.18. The predicted molar refractivity (Wildman–Crippen MR) is 73.9 cm³/mol. The molecule has 0 amide bonds. The van der Waals surface area contributed by atoms with Crippen molar-refractivity contribution in [2.45, 2.75) is 39.8 Å². The van der Waals surface area contributed by atoms with E-state index in [0.717, 1.165) is 30.0 Å². The molecule has 18 heavy (non-hydrogen) atoms. The van der Waals surface area contributed by atoms with Gasteiger partial charge in [-0.15, -0.1) is 0 Å². The van der Waals surface area contributed by atoms with Crippen LogP contribution in [0.2, 0.25) is 0 Å². The van der Waals surface area contributed by atoms with Gasteiger partial charge in [0.1, 0.15) is 5.82 Å². The van der Waals surface area contributed by atoms with Crippen molar-refractivity contribution in [2.75, 3.05) is 25.2 Å². The van der Waals surface area contributed by atoms with Crippen LogP contribution < -0.4 is 4.90 Å². The predicted octanol–water partition coefficient (Wildman–Crippen LogP) is 2.13. The maximum absolute atomic E-state index is 9.27. The lowest BCUT2D eigenvalue weighted by Crippen LogP contribution is -2.36. The fourth-order valence-corrected chi connectivity index (χ4v) is 1.93. The van der Waals surface area contributed by atoms with E-state index >= 15 is 0 Å². The first-order valence-corrected chi connectivity index (χ1v) is 6.46. The fourth-order valence-electron chi connectivity index (χ4n) is 1.93. The van der Waals surface area contributed by atoms with Gasteiger partial charge in [0.15, 0.2) is 0 Å². The largest absolute Gasteiger partial charge is 0.392 e. The first-order chi connectivity index (χ1) is 8.62. The van der Waals surface area contributed by atoms with E-state index in [4.69, 9.17) is 4.74 Å². The molecule has 1 heterocycles. The molecular weight excluding hydrogens is 228 g/mol. The zero-order valence-corrected chi connectivity index (χ0v) is 11.8. The van der Waals surface area contributed by atoms with Crippen molar-refractivity contribution in [3.8, 4) is 0 Å². The number of nitrogens with zero attached hydrogens (tertiary/aromatic N) is 2. The van der Waals surface area contributed by atoms with E-state index in [1.807, 2.05) is 19.1 Å². The van der Waals surface area contributed by atoms with Crippen molar-refractivity contribution in [2.24, 2.45) is 0 Å². The van der Waals surface area contributed by atoms with Gasteiger partial charge in [-0.1, -0.05) is 6.92 Å². The normalized spacial score (nSPS) is 12.5. The minimum absolute atomic E-state index is 0.0506. The number of aliphatic hydroxyl groups is 1. The van der Waals surface area contributed by atoms with Crippen LogP contribution >= 0.6 is 0 Å². The maximum atomic E-state index is 9.27. The van der Waals surface area contributed by atoms with Crippen molar-refractivity contribution in [3.05, 3.63) is 23.4 Å². The molecule has 0 radical (unpaired) electrons. The molecular formula is C14H24N2O2. The van der Waals surface area contributed by atoms with E-state index in [1.165, 1.54) is 0 Å². The van der Waals surface area contributed by atoms with E-state index in [2.05, 4.69) is 23.7 Å². The number of rotatable bonds is 7. The lowest BCUT2D eigenvalue weighted by atomic mass is 10.2. The fraction of sp³-hybridized carbons (Fsp3) is 0.643. The number of hydrogen-bond acceptors (Lipinski definition) is 4. The van der Waals surface area contributed by atoms with Gasteiger partial charge in [0.05, 0.1) is 13.2 Å². The van der Waals surface area contributed by atoms with Gasteiger partial charge in [-0.05, 0) is 38.0 Å². The van der Waals surface area contributed by atoms with Gasteiger partial charge in [-0.3, -0.25) is 0 Å². The number of hydrogen-bond donors (Lipinski definition) is 1. The quantitative estimate of drug-likeness (QED) is 0.807. The highest BCUT2D eigenvalue weighted by atomic mass is 16.5. The summed E-state index contributed by atoms with van der Waals surface area (Å²) in [5.74, 6) is 0.922. The lowest BCUT2D eigenvalue weighted by molar-refractivity contribution is 0.203. The molecule has 0 aliphatic rings. The number of pyridine rings is 1. The average molecular weight is 252 g/mol. The van der Waals surface area contributed by atoms with Crippen molar-refractivity contribution in [1.29, 1.82) is 0 Å². The molecule has 0 fully saturated rings. The topological polar surface area (TPSA) is 45.6 Å². The maximum Gasteiger partial charge on any atom is 0.129 e. The molecule has 1 unspecified atom stereocenters. The smallest absolute Gasteiger partial charge is 0.129 e. The second-order valence-electron chi connectivity index (χ2n) is 4.58. The third-order valence-corrected chi connectivity index (χ3v) is 3.14. The van der Waals surface area contributed by atoms with E-state index < -0.39 is 0 Å². The third-order valence-electron chi connectivity index (χ3n) is 3.14. The summed E-state index contributed by atoms with van der Waals surface area (Å²) in [5, 5.41) is 9.27. The number of aryl methyl sites for hydroxylation is 1. The van der Waals surface area contributed by atoms with Crippen molar-refractivity contribution >= 4 is 5.82 Å². The van der Waals surface area contributed by atoms with Gasteiger partial charge < -0.3 is 14.7 Å². The van der Waals surface area contributed by atoms with Crippen molar-refractivity contribution in [1.82, 2.24) is 4.98 Å². The Hall–Kier alpha value is -1.13. The summed E-state index contributed by atoms with van der Waals surface area (Å²) in [5.41, 5.74) is 1.84. The first-order valence-electron chi connectivity index (χ1n) is 6.46. The van der Waals surface area contributed by atoms with E-state index in [0.29, 0.717) is 12.6 Å². The van der Waals surface area contributed by atoms with Crippen molar-refractivity contribution in [3.63, 3.8) is 0 Å². The standard InChI is InChI=1S/C14H24N2O2/c1-5-12(3)16(6-7-18-4)14-9-13(10-17)8-11(2)15-14/h8-9,12,17H,5-7,10H2,1-4H3. The second kappa shape index (κ2) is 7.34. The SMILES string of the molecule is CCC(C)N(CCOC)c1cc(CO)cc(C)n1. The summed E-state index contributed by atoms with van der Waals surface area (Å²) in [6.45, 7) is 7.83. The Bertz CT molecular complexity index is 369. The zero-order valence-electron chi connectivity index (χ0n) is 11.8. The highest BCUT2D eigenvalue weighted by Gasteiger charge is 2.15. The average Bonchev–Trinajstić information content (AvgIpc) is 2.38. The van der Waals surface area contributed by atoms with Crippen LogP contribution in [0.5, 0.6) is 0 Å². The Morgan fingerprint density at radius 2 is 2.17 bits per heavy atom. The minimum atomic E-state index is 0.0506. The van der Waals surface area contributed by atoms with E-state index in [9.17, 15) is 5.11 Å². The summed E-state index contributed by atoms with van der Waals surface area (Å²) in [6, 6.07) is 4.27. The molecule has 0 aliphatic carbocycles. The van der Waals surface area contributed by atoms with E-state index in [1.54, 1.807) is 7.11 Å². The second-order valence-corrected chi connectivity index (χ2v) is 4.58. The first kappa shape index (κ1) is 14.9. The Balaban J connectivity index is 2.99. The molecule has 0 spiro atoms. The Kier molecular flexibility index (Phi) is 6.09. The number of aliphatic hydroxyl groups excluding tert-OH is 1. The molecule has 1 aromatic rings. The van der Waals surface area contributed by atoms with Crippen LogP contribution in [-0.2, 0) is 11.3 Å². The zero-order chi connectivity index (χ0) is 13.5. The van der Waals surface area contributed by atoms with Crippen LogP contribution in [0.15, 0.2) is 12.1 Å². The van der Waals surface area contributed by atoms with Crippen LogP contribution in [0.4, 0.5) is 5.82 Å². The number of ether oxygens (including phenoxy) is 1. The Morgan fingerprint density at radius 3 is 2.72 bits per heavy atom. The van der Waals surface area contributed by atoms with Gasteiger partial charge in [0.2, 0.25) is 0 Å². The monoisotopic (exact) mass is 252 g/mol. The molecule has 4 heteroatoms. The molecule has 1 rings (SSSR count). The summed E-state index contributed by atoms with van der Waals surface area (Å²) in [4.78, 5) is 6.80. The van der Waals surface area contributed by atoms with Crippen LogP contribution in [0, 0.1) is 6.92 Å². The van der Waals surface area contributed by atoms with E-state index in [-0.39, 0.29) is 6.61 Å². The Morgan fingerprint density at radius 1 is 1.44 bits per heavy atom. The van der Waals surface area contributed by atoms with Crippen molar-refractivity contribution < 1.29 is 9.84 Å². The molecule has 0 aromatic carbocycles. The highest BCUT2D eigenvalue weighted by molar-refractivity contribution is 5.43. The molecule has 0 bridgehead atoms. The molecule has 102 valence electrons. The van der Waals surface area contributed by atoms with Gasteiger partial charge in [-0.25, -0.2) is 4.98 Å². The third kappa shape index (κ3) is 3.96. The molecule has 4 nitrogen and oxygen atoms in total. The molecule has 1 N–H and O–H groups in total. The summed E-state index contributed by atoms with van der Waals surface area (Å²) < 4.78 is 5.16. The number of aromatic nitrogens is 1. The molecule has 1 atom stereocenters. The van der Waals surface area contributed by atoms with Crippen LogP contribution in [0.3, 0.4) is 0 Å². The summed E-state index contributed by atoms with van der Waals surface area (Å²) in [6.07, 6.45) is 1.05. The number of anilines is 1. The molecule has 0 aliphatic heterocycles. The summed E-state index contributed by atoms with van der Waals surface area (Å²) >= 11 is 0.